The Morgan fingerprint density at radius 3 is 1.12 bits per heavy atom. The summed E-state index contributed by atoms with van der Waals surface area (Å²) < 4.78 is 346. The predicted octanol–water partition coefficient (Wildman–Crippen LogP) is 13.9. The fraction of sp³-hybridized carbons (Fsp3) is 0.425. The molecule has 9 aromatic rings. The maximum atomic E-state index is 14.0. The van der Waals surface area contributed by atoms with Crippen molar-refractivity contribution in [3.63, 3.8) is 0 Å². The van der Waals surface area contributed by atoms with Gasteiger partial charge in [0.15, 0.2) is 34.5 Å². The number of H-pyrrole nitrogens is 1. The van der Waals surface area contributed by atoms with E-state index in [-0.39, 0.29) is 65.3 Å². The molecule has 121 heavy (non-hydrogen) atoms. The first kappa shape index (κ1) is 92.4. The lowest BCUT2D eigenvalue weighted by Crippen LogP contribution is -2.49. The van der Waals surface area contributed by atoms with Gasteiger partial charge in [-0.1, -0.05) is 42.5 Å². The van der Waals surface area contributed by atoms with Crippen molar-refractivity contribution in [2.24, 2.45) is 0 Å². The van der Waals surface area contributed by atoms with Gasteiger partial charge in [-0.25, -0.2) is 19.9 Å². The summed E-state index contributed by atoms with van der Waals surface area (Å²) in [6.07, 6.45) is -14.6. The first-order valence-corrected chi connectivity index (χ1v) is 39.8. The summed E-state index contributed by atoms with van der Waals surface area (Å²) in [5.74, 6) is 1.09. The minimum Gasteiger partial charge on any atom is -0.495 e. The van der Waals surface area contributed by atoms with Gasteiger partial charge in [0.05, 0.1) is 101 Å². The predicted molar refractivity (Wildman–Crippen MR) is 402 cm³/mol. The highest BCUT2D eigenvalue weighted by Crippen LogP contribution is 2.61. The number of benzene rings is 6. The summed E-state index contributed by atoms with van der Waals surface area (Å²) in [4.78, 5) is 41.1. The molecule has 3 aromatic heterocycles. The van der Waals surface area contributed by atoms with Crippen LogP contribution in [0.25, 0.3) is 32.7 Å². The van der Waals surface area contributed by atoms with E-state index in [1.54, 1.807) is 26.4 Å². The number of hydrogen-bond donors (Lipinski definition) is 2. The number of hydrogen-bond acceptors (Lipinski definition) is 25. The second-order valence-electron chi connectivity index (χ2n) is 27.0. The third-order valence-electron chi connectivity index (χ3n) is 19.8. The number of rotatable bonds is 19. The van der Waals surface area contributed by atoms with Crippen LogP contribution in [-0.4, -0.2) is 199 Å². The second-order valence-corrected chi connectivity index (χ2v) is 32.3. The number of nitrogens with one attached hydrogen (secondary N) is 2. The topological polar surface area (TPSA) is 308 Å². The van der Waals surface area contributed by atoms with Gasteiger partial charge in [-0.05, 0) is 93.1 Å². The maximum Gasteiger partial charge on any atom is 0.534 e. The van der Waals surface area contributed by atoms with Crippen LogP contribution in [-0.2, 0) is 46.4 Å². The smallest absolute Gasteiger partial charge is 0.495 e. The van der Waals surface area contributed by atoms with Crippen LogP contribution in [0.15, 0.2) is 120 Å². The number of para-hydroxylation sites is 5. The molecule has 6 aromatic carbocycles. The maximum absolute atomic E-state index is 14.0. The number of methoxy groups -OCH3 is 8. The standard InChI is InChI=1S/C25H27F3N4O3.C15H12F6N2O5S.C14H13F3N2O3.C11H16N2O.C8H5F6NO4S2/c1-33-19-7-5-4-6-18(19)31-10-12-32(13-11-31)22-16-14-20(34-2)21(35-3)15-17(16)29-23(30-22)24(8-9-24)25(26,27)28;1-26-9-5-7-8(6-10(9)27-2)22-12(13(3-4-13)14(16,17)18)23-11(7)28-29(24,25)15(19,20)21;1-21-9-5-7-8(6-10(9)22-2)18-12(19-11(7)20)13(3-4-13)14(15,16)17;1-14-11-5-3-2-4-10(11)13-8-6-12-7-9-13;9-7(10,11)20(16,17)15(6-4-2-1-3-5-6)21(18,19)8(12,13)14/h4-7,14-15H,8-13H2,1-3H3;5-6H,3-4H2,1-2H3;5-6H,3-4H2,1-2H3,(H,18,19,20);2-5,12H,6-9H2,1H3;1-5H. The Balaban J connectivity index is 0.000000163. The van der Waals surface area contributed by atoms with Gasteiger partial charge in [0, 0.05) is 75.9 Å². The molecule has 660 valence electrons. The Bertz CT molecular complexity index is 5610. The van der Waals surface area contributed by atoms with Gasteiger partial charge in [0.2, 0.25) is 5.88 Å². The minimum atomic E-state index is -6.81. The number of halogens is 18. The molecular formula is C73H73F18N11O16S3. The van der Waals surface area contributed by atoms with E-state index >= 15 is 0 Å². The van der Waals surface area contributed by atoms with Crippen LogP contribution < -0.4 is 71.4 Å². The zero-order valence-electron chi connectivity index (χ0n) is 64.5. The molecule has 0 radical (unpaired) electrons. The van der Waals surface area contributed by atoms with Crippen molar-refractivity contribution in [2.45, 2.75) is 89.8 Å². The third-order valence-corrected chi connectivity index (χ3v) is 24.3. The molecule has 0 spiro atoms. The van der Waals surface area contributed by atoms with Crippen molar-refractivity contribution in [3.8, 4) is 51.9 Å². The van der Waals surface area contributed by atoms with E-state index in [2.05, 4.69) is 61.3 Å². The summed E-state index contributed by atoms with van der Waals surface area (Å²) in [5.41, 5.74) is -24.3. The van der Waals surface area contributed by atoms with E-state index in [1.807, 2.05) is 41.3 Å². The monoisotopic (exact) mass is 1800 g/mol. The molecule has 0 bridgehead atoms. The van der Waals surface area contributed by atoms with Crippen LogP contribution in [0.3, 0.4) is 0 Å². The number of piperazine rings is 2. The molecule has 48 heteroatoms. The Morgan fingerprint density at radius 2 is 0.727 bits per heavy atom. The van der Waals surface area contributed by atoms with E-state index < -0.39 is 126 Å². The normalized spacial score (nSPS) is 16.4. The molecular weight excluding hydrogens is 1730 g/mol. The lowest BCUT2D eigenvalue weighted by molar-refractivity contribution is -0.163. The summed E-state index contributed by atoms with van der Waals surface area (Å²) in [6, 6.07) is 28.1. The number of fused-ring (bicyclic) bond motifs is 3. The van der Waals surface area contributed by atoms with E-state index in [0.717, 1.165) is 73.7 Å². The van der Waals surface area contributed by atoms with Gasteiger partial charge in [0.1, 0.15) is 51.0 Å². The quantitative estimate of drug-likeness (QED) is 0.0431. The third kappa shape index (κ3) is 18.9. The van der Waals surface area contributed by atoms with Gasteiger partial charge in [-0.2, -0.15) is 109 Å². The molecule has 2 saturated heterocycles. The molecule has 3 aliphatic carbocycles. The van der Waals surface area contributed by atoms with Crippen LogP contribution in [0.1, 0.15) is 56.0 Å². The molecule has 5 aliphatic rings. The number of anilines is 4. The number of sulfonamides is 2. The molecule has 0 unspecified atom stereocenters. The first-order chi connectivity index (χ1) is 56.5. The van der Waals surface area contributed by atoms with Gasteiger partial charge in [-0.3, -0.25) is 4.79 Å². The van der Waals surface area contributed by atoms with Gasteiger partial charge in [0.25, 0.3) is 5.56 Å². The molecule has 2 N–H and O–H groups in total. The molecule has 5 fully saturated rings. The number of aromatic nitrogens is 6. The van der Waals surface area contributed by atoms with Crippen molar-refractivity contribution in [3.05, 3.63) is 143 Å². The van der Waals surface area contributed by atoms with Gasteiger partial charge in [-0.15, -0.1) is 3.71 Å². The molecule has 0 atom stereocenters. The van der Waals surface area contributed by atoms with E-state index in [4.69, 9.17) is 37.9 Å². The fourth-order valence-electron chi connectivity index (χ4n) is 12.7. The van der Waals surface area contributed by atoms with Crippen molar-refractivity contribution in [1.82, 2.24) is 35.2 Å². The summed E-state index contributed by atoms with van der Waals surface area (Å²) in [7, 11) is -8.23. The van der Waals surface area contributed by atoms with Crippen LogP contribution in [0.2, 0.25) is 0 Å². The Kier molecular flexibility index (Phi) is 26.6. The zero-order chi connectivity index (χ0) is 89.2. The fourth-order valence-corrected chi connectivity index (χ4v) is 15.9. The zero-order valence-corrected chi connectivity index (χ0v) is 66.9. The summed E-state index contributed by atoms with van der Waals surface area (Å²) >= 11 is 0. The average Bonchev–Trinajstić information content (AvgIpc) is 1.45. The summed E-state index contributed by atoms with van der Waals surface area (Å²) in [5, 5.41) is 3.72. The minimum absolute atomic E-state index is 0.00365. The highest BCUT2D eigenvalue weighted by atomic mass is 32.3. The van der Waals surface area contributed by atoms with Crippen LogP contribution >= 0.6 is 0 Å². The molecule has 2 aliphatic heterocycles. The lowest BCUT2D eigenvalue weighted by Gasteiger charge is -2.37. The molecule has 5 heterocycles. The molecule has 0 amide bonds. The van der Waals surface area contributed by atoms with Crippen molar-refractivity contribution < 1.29 is 146 Å². The SMILES string of the molecule is COc1cc2nc(C3(C(F)(F)F)CC3)[nH]c(=O)c2cc1OC.COc1cc2nc(C3(C(F)(F)F)CC3)nc(N3CCN(c4ccccc4OC)CC3)c2cc1OC.COc1cc2nc(C3(C(F)(F)F)CC3)nc(OS(=O)(=O)C(F)(F)F)c2cc1OC.COc1ccccc1N1CCNCC1.O=S(=O)(N(c1ccccc1)S(=O)(=O)C(F)(F)F)C(F)(F)F. The lowest BCUT2D eigenvalue weighted by atomic mass is 10.0. The largest absolute Gasteiger partial charge is 0.534 e. The number of ether oxygens (including phenoxy) is 8. The van der Waals surface area contributed by atoms with E-state index in [0.29, 0.717) is 78.0 Å². The van der Waals surface area contributed by atoms with E-state index in [1.165, 1.54) is 60.5 Å². The highest BCUT2D eigenvalue weighted by Gasteiger charge is 2.69. The number of alkyl halides is 18. The van der Waals surface area contributed by atoms with Gasteiger partial charge < -0.3 is 67.1 Å². The number of nitrogens with zero attached hydrogens (tertiary/aromatic N) is 9. The first-order valence-electron chi connectivity index (χ1n) is 35.5. The Labute approximate surface area is 676 Å². The number of aromatic amines is 1. The van der Waals surface area contributed by atoms with Crippen LogP contribution in [0, 0.1) is 0 Å². The van der Waals surface area contributed by atoms with Crippen molar-refractivity contribution >= 4 is 85.8 Å². The highest BCUT2D eigenvalue weighted by molar-refractivity contribution is 8.11. The van der Waals surface area contributed by atoms with E-state index in [9.17, 15) is 109 Å². The van der Waals surface area contributed by atoms with Crippen molar-refractivity contribution in [1.29, 1.82) is 0 Å². The molecule has 14 rings (SSSR count). The Hall–Kier alpha value is -10.9. The molecule has 3 saturated carbocycles. The van der Waals surface area contributed by atoms with Crippen molar-refractivity contribution in [2.75, 3.05) is 128 Å². The summed E-state index contributed by atoms with van der Waals surface area (Å²) in [6.45, 7) is 6.71. The van der Waals surface area contributed by atoms with Crippen LogP contribution in [0.5, 0.6) is 51.9 Å². The molecule has 27 nitrogen and oxygen atoms in total. The average molecular weight is 1800 g/mol. The Morgan fingerprint density at radius 1 is 0.380 bits per heavy atom. The second kappa shape index (κ2) is 34.9. The van der Waals surface area contributed by atoms with Crippen LogP contribution in [0.4, 0.5) is 102 Å². The van der Waals surface area contributed by atoms with Gasteiger partial charge >= 0.3 is 65.2 Å².